The molecule has 6 fully saturated rings. The van der Waals surface area contributed by atoms with Gasteiger partial charge in [-0.1, -0.05) is 27.7 Å². The Morgan fingerprint density at radius 2 is 1.05 bits per heavy atom. The van der Waals surface area contributed by atoms with Crippen molar-refractivity contribution in [2.24, 2.45) is 57.2 Å². The number of methoxy groups -OCH3 is 2. The molecule has 14 unspecified atom stereocenters. The van der Waals surface area contributed by atoms with E-state index in [0.717, 1.165) is 0 Å². The highest BCUT2D eigenvalue weighted by atomic mass is 16.5. The second kappa shape index (κ2) is 9.11. The van der Waals surface area contributed by atoms with E-state index >= 15 is 0 Å². The molecule has 2 aliphatic heterocycles. The number of ether oxygens (including phenoxy) is 4. The third-order valence-corrected chi connectivity index (χ3v) is 12.6. The van der Waals surface area contributed by atoms with Crippen LogP contribution in [0.25, 0.3) is 0 Å². The lowest BCUT2D eigenvalue weighted by Crippen LogP contribution is -2.51. The van der Waals surface area contributed by atoms with Gasteiger partial charge < -0.3 is 39.4 Å². The SMILES string of the molecule is COC(=O)CC1C2C(O)C3OCC(C)(C13)C2(C)CO.COC(=O)CC1C2C(O)C3OCC(C)(C13)C2(C)CO. The molecule has 2 heterocycles. The van der Waals surface area contributed by atoms with Crippen molar-refractivity contribution >= 4 is 11.9 Å². The Hall–Kier alpha value is -1.30. The largest absolute Gasteiger partial charge is 0.469 e. The Morgan fingerprint density at radius 3 is 1.34 bits per heavy atom. The van der Waals surface area contributed by atoms with E-state index in [-0.39, 0.29) is 83.7 Å². The van der Waals surface area contributed by atoms with Crippen LogP contribution in [0.15, 0.2) is 0 Å². The van der Waals surface area contributed by atoms with E-state index in [1.165, 1.54) is 14.2 Å². The molecule has 4 saturated carbocycles. The van der Waals surface area contributed by atoms with Crippen LogP contribution in [-0.4, -0.2) is 97.4 Å². The summed E-state index contributed by atoms with van der Waals surface area (Å²) in [7, 11) is 2.77. The van der Waals surface area contributed by atoms with Crippen molar-refractivity contribution in [2.75, 3.05) is 40.6 Å². The summed E-state index contributed by atoms with van der Waals surface area (Å²) in [5.74, 6) is -0.363. The fourth-order valence-electron chi connectivity index (χ4n) is 10.3. The van der Waals surface area contributed by atoms with Gasteiger partial charge >= 0.3 is 11.9 Å². The summed E-state index contributed by atoms with van der Waals surface area (Å²) in [6, 6.07) is 0. The Kier molecular flexibility index (Phi) is 6.77. The van der Waals surface area contributed by atoms with Crippen LogP contribution in [0.1, 0.15) is 40.5 Å². The quantitative estimate of drug-likeness (QED) is 0.348. The van der Waals surface area contributed by atoms with Crippen LogP contribution in [0, 0.1) is 57.2 Å². The van der Waals surface area contributed by atoms with E-state index in [2.05, 4.69) is 13.8 Å². The molecule has 4 aliphatic carbocycles. The minimum Gasteiger partial charge on any atom is -0.469 e. The average Bonchev–Trinajstić information content (AvgIpc) is 3.64. The van der Waals surface area contributed by atoms with Crippen LogP contribution in [0.4, 0.5) is 0 Å². The minimum atomic E-state index is -0.590. The second-order valence-corrected chi connectivity index (χ2v) is 13.5. The van der Waals surface area contributed by atoms with Crippen LogP contribution in [0.5, 0.6) is 0 Å². The van der Waals surface area contributed by atoms with Gasteiger partial charge in [0.25, 0.3) is 0 Å². The molecule has 0 amide bonds. The van der Waals surface area contributed by atoms with E-state index < -0.39 is 23.0 Å². The molecule has 216 valence electrons. The van der Waals surface area contributed by atoms with Crippen molar-refractivity contribution in [1.82, 2.24) is 0 Å². The molecular formula is C28H44O10. The third kappa shape index (κ3) is 3.22. The molecule has 4 N–H and O–H groups in total. The summed E-state index contributed by atoms with van der Waals surface area (Å²) < 4.78 is 21.1. The summed E-state index contributed by atoms with van der Waals surface area (Å²) in [5, 5.41) is 40.7. The number of esters is 2. The van der Waals surface area contributed by atoms with Crippen LogP contribution >= 0.6 is 0 Å². The third-order valence-electron chi connectivity index (χ3n) is 12.6. The van der Waals surface area contributed by atoms with Gasteiger partial charge in [-0.05, 0) is 35.5 Å². The van der Waals surface area contributed by atoms with Gasteiger partial charge in [0, 0.05) is 47.7 Å². The normalized spacial score (nSPS) is 54.7. The first-order chi connectivity index (χ1) is 17.8. The highest BCUT2D eigenvalue weighted by molar-refractivity contribution is 5.70. The molecule has 10 nitrogen and oxygen atoms in total. The Balaban J connectivity index is 0.000000155. The second-order valence-electron chi connectivity index (χ2n) is 13.5. The minimum absolute atomic E-state index is 0.00940. The number of hydrogen-bond acceptors (Lipinski definition) is 10. The van der Waals surface area contributed by atoms with Gasteiger partial charge in [-0.3, -0.25) is 9.59 Å². The molecule has 0 aromatic heterocycles. The van der Waals surface area contributed by atoms with E-state index in [4.69, 9.17) is 18.9 Å². The highest BCUT2D eigenvalue weighted by Gasteiger charge is 2.78. The topological polar surface area (TPSA) is 152 Å². The number of carbonyl (C=O) groups excluding carboxylic acids is 2. The van der Waals surface area contributed by atoms with Gasteiger partial charge in [-0.25, -0.2) is 0 Å². The first kappa shape index (κ1) is 28.2. The van der Waals surface area contributed by atoms with Gasteiger partial charge in [-0.2, -0.15) is 0 Å². The molecule has 14 atom stereocenters. The molecule has 0 aromatic carbocycles. The number of hydrogen-bond donors (Lipinski definition) is 4. The monoisotopic (exact) mass is 540 g/mol. The maximum absolute atomic E-state index is 11.6. The maximum atomic E-state index is 11.6. The summed E-state index contributed by atoms with van der Waals surface area (Å²) in [6.07, 6.45) is -0.963. The van der Waals surface area contributed by atoms with Crippen LogP contribution < -0.4 is 0 Å². The summed E-state index contributed by atoms with van der Waals surface area (Å²) in [4.78, 5) is 23.2. The molecule has 0 aromatic rings. The maximum Gasteiger partial charge on any atom is 0.305 e. The van der Waals surface area contributed by atoms with E-state index in [1.54, 1.807) is 0 Å². The van der Waals surface area contributed by atoms with Crippen molar-refractivity contribution in [3.8, 4) is 0 Å². The lowest BCUT2D eigenvalue weighted by Gasteiger charge is -2.46. The molecule has 10 heteroatoms. The Labute approximate surface area is 224 Å². The van der Waals surface area contributed by atoms with Crippen molar-refractivity contribution in [3.63, 3.8) is 0 Å². The zero-order valence-corrected chi connectivity index (χ0v) is 23.3. The zero-order valence-electron chi connectivity index (χ0n) is 23.3. The first-order valence-corrected chi connectivity index (χ1v) is 13.8. The predicted octanol–water partition coefficient (Wildman–Crippen LogP) is 0.380. The van der Waals surface area contributed by atoms with Gasteiger partial charge in [0.15, 0.2) is 0 Å². The molecule has 38 heavy (non-hydrogen) atoms. The predicted molar refractivity (Wildman–Crippen MR) is 132 cm³/mol. The number of aliphatic hydroxyl groups excluding tert-OH is 4. The highest BCUT2D eigenvalue weighted by Crippen LogP contribution is 2.74. The fraction of sp³-hybridized carbons (Fsp3) is 0.929. The summed E-state index contributed by atoms with van der Waals surface area (Å²) in [6.45, 7) is 9.36. The lowest BCUT2D eigenvalue weighted by atomic mass is 9.58. The van der Waals surface area contributed by atoms with Crippen LogP contribution in [-0.2, 0) is 28.5 Å². The number of aliphatic hydroxyl groups is 4. The molecule has 2 saturated heterocycles. The van der Waals surface area contributed by atoms with E-state index in [1.807, 2.05) is 13.8 Å². The van der Waals surface area contributed by atoms with Gasteiger partial charge in [0.2, 0.25) is 0 Å². The average molecular weight is 541 g/mol. The fourth-order valence-corrected chi connectivity index (χ4v) is 10.3. The Bertz CT molecular complexity index is 897. The van der Waals surface area contributed by atoms with Crippen molar-refractivity contribution in [2.45, 2.75) is 65.0 Å². The van der Waals surface area contributed by atoms with Gasteiger partial charge in [0.1, 0.15) is 0 Å². The smallest absolute Gasteiger partial charge is 0.305 e. The van der Waals surface area contributed by atoms with Crippen LogP contribution in [0.2, 0.25) is 0 Å². The van der Waals surface area contributed by atoms with Crippen molar-refractivity contribution in [3.05, 3.63) is 0 Å². The van der Waals surface area contributed by atoms with Crippen molar-refractivity contribution in [1.29, 1.82) is 0 Å². The zero-order chi connectivity index (χ0) is 28.0. The number of rotatable bonds is 6. The molecule has 0 spiro atoms. The molecular weight excluding hydrogens is 496 g/mol. The lowest BCUT2D eigenvalue weighted by molar-refractivity contribution is -0.143. The molecule has 6 aliphatic rings. The van der Waals surface area contributed by atoms with Crippen LogP contribution in [0.3, 0.4) is 0 Å². The van der Waals surface area contributed by atoms with E-state index in [9.17, 15) is 30.0 Å². The van der Waals surface area contributed by atoms with Gasteiger partial charge in [0.05, 0.1) is 51.8 Å². The van der Waals surface area contributed by atoms with E-state index in [0.29, 0.717) is 26.1 Å². The first-order valence-electron chi connectivity index (χ1n) is 13.8. The molecule has 4 bridgehead atoms. The summed E-state index contributed by atoms with van der Waals surface area (Å²) >= 11 is 0. The number of carbonyl (C=O) groups is 2. The molecule has 6 rings (SSSR count). The molecule has 0 radical (unpaired) electrons. The standard InChI is InChI=1S/2C14H22O5/c2*1-13(5-15)9-7(4-8(16)18-3)10-12(11(9)17)19-6-14(10,13)2/h2*7,9-12,15,17H,4-6H2,1-3H3. The summed E-state index contributed by atoms with van der Waals surface area (Å²) in [5.41, 5.74) is -1.14. The Morgan fingerprint density at radius 1 is 0.711 bits per heavy atom. The number of fused-ring (bicyclic) bond motifs is 2. The van der Waals surface area contributed by atoms with Gasteiger partial charge in [-0.15, -0.1) is 0 Å². The van der Waals surface area contributed by atoms with Crippen molar-refractivity contribution < 1.29 is 49.0 Å².